The molecule has 0 aromatic heterocycles. The summed E-state index contributed by atoms with van der Waals surface area (Å²) in [5.41, 5.74) is 9.26. The first-order valence-corrected chi connectivity index (χ1v) is 4.55. The lowest BCUT2D eigenvalue weighted by molar-refractivity contribution is 0.335. The normalized spacial score (nSPS) is 11.6. The summed E-state index contributed by atoms with van der Waals surface area (Å²) in [7, 11) is 0. The van der Waals surface area contributed by atoms with Crippen molar-refractivity contribution in [3.05, 3.63) is 40.3 Å². The van der Waals surface area contributed by atoms with Gasteiger partial charge in [-0.05, 0) is 18.5 Å². The predicted molar refractivity (Wildman–Crippen MR) is 55.2 cm³/mol. The highest BCUT2D eigenvalue weighted by Crippen LogP contribution is 2.27. The molecule has 0 aliphatic rings. The van der Waals surface area contributed by atoms with Crippen molar-refractivity contribution in [1.82, 2.24) is 0 Å². The Hall–Kier alpha value is -1.67. The van der Waals surface area contributed by atoms with E-state index in [4.69, 9.17) is 10.3 Å². The summed E-state index contributed by atoms with van der Waals surface area (Å²) in [4.78, 5) is 2.78. The second-order valence-corrected chi connectivity index (χ2v) is 2.85. The number of benzene rings is 1. The molecule has 4 heteroatoms. The topological polar surface area (TPSA) is 58.0 Å². The molecule has 4 nitrogen and oxygen atoms in total. The van der Waals surface area contributed by atoms with Crippen molar-refractivity contribution in [2.45, 2.75) is 19.9 Å². The minimum Gasteiger partial charge on any atom is -0.494 e. The van der Waals surface area contributed by atoms with Gasteiger partial charge in [-0.25, -0.2) is 0 Å². The number of para-hydroxylation sites is 1. The summed E-state index contributed by atoms with van der Waals surface area (Å²) in [5, 5.41) is 3.64. The molecule has 14 heavy (non-hydrogen) atoms. The van der Waals surface area contributed by atoms with Gasteiger partial charge in [0.25, 0.3) is 0 Å². The van der Waals surface area contributed by atoms with Crippen LogP contribution in [0.15, 0.2) is 29.4 Å². The fraction of sp³-hybridized carbons (Fsp3) is 0.400. The van der Waals surface area contributed by atoms with Crippen LogP contribution < -0.4 is 4.74 Å². The van der Waals surface area contributed by atoms with Gasteiger partial charge in [0.05, 0.1) is 12.6 Å². The summed E-state index contributed by atoms with van der Waals surface area (Å²) in [6.45, 7) is 4.38. The predicted octanol–water partition coefficient (Wildman–Crippen LogP) is 3.46. The molecule has 0 N–H and O–H groups in total. The van der Waals surface area contributed by atoms with Gasteiger partial charge < -0.3 is 4.74 Å². The van der Waals surface area contributed by atoms with Gasteiger partial charge in [0.1, 0.15) is 5.75 Å². The number of azide groups is 1. The van der Waals surface area contributed by atoms with Crippen LogP contribution in [0, 0.1) is 0 Å². The molecule has 1 aromatic carbocycles. The average Bonchev–Trinajstić information content (AvgIpc) is 2.19. The molecule has 1 aromatic rings. The zero-order valence-electron chi connectivity index (χ0n) is 8.34. The molecule has 0 aliphatic carbocycles. The minimum absolute atomic E-state index is 0.192. The van der Waals surface area contributed by atoms with E-state index in [1.54, 1.807) is 0 Å². The Bertz CT molecular complexity index is 345. The lowest BCUT2D eigenvalue weighted by Crippen LogP contribution is -1.97. The van der Waals surface area contributed by atoms with Crippen LogP contribution in [0.2, 0.25) is 0 Å². The maximum absolute atomic E-state index is 8.34. The Balaban J connectivity index is 2.99. The Labute approximate surface area is 83.1 Å². The van der Waals surface area contributed by atoms with E-state index in [0.717, 1.165) is 11.3 Å². The third-order valence-corrected chi connectivity index (χ3v) is 1.89. The van der Waals surface area contributed by atoms with Crippen LogP contribution in [0.5, 0.6) is 5.75 Å². The number of ether oxygens (including phenoxy) is 1. The van der Waals surface area contributed by atoms with Crippen LogP contribution in [0.1, 0.15) is 25.5 Å². The lowest BCUT2D eigenvalue weighted by Gasteiger charge is -2.11. The highest BCUT2D eigenvalue weighted by atomic mass is 16.5. The van der Waals surface area contributed by atoms with E-state index in [9.17, 15) is 0 Å². The zero-order valence-corrected chi connectivity index (χ0v) is 8.34. The maximum atomic E-state index is 8.34. The first-order valence-electron chi connectivity index (χ1n) is 4.55. The molecule has 0 heterocycles. The average molecular weight is 191 g/mol. The van der Waals surface area contributed by atoms with Gasteiger partial charge >= 0.3 is 0 Å². The fourth-order valence-electron chi connectivity index (χ4n) is 1.25. The van der Waals surface area contributed by atoms with Gasteiger partial charge in [-0.15, -0.1) is 0 Å². The van der Waals surface area contributed by atoms with E-state index in [2.05, 4.69) is 10.0 Å². The third-order valence-electron chi connectivity index (χ3n) is 1.89. The van der Waals surface area contributed by atoms with E-state index in [0.29, 0.717) is 6.61 Å². The quantitative estimate of drug-likeness (QED) is 0.408. The van der Waals surface area contributed by atoms with Gasteiger partial charge in [-0.1, -0.05) is 30.2 Å². The summed E-state index contributed by atoms with van der Waals surface area (Å²) >= 11 is 0. The van der Waals surface area contributed by atoms with E-state index < -0.39 is 0 Å². The zero-order chi connectivity index (χ0) is 10.4. The molecule has 0 saturated carbocycles. The molecule has 1 atom stereocenters. The van der Waals surface area contributed by atoms with Crippen LogP contribution in [0.25, 0.3) is 10.4 Å². The Kier molecular flexibility index (Phi) is 3.83. The number of rotatable bonds is 4. The minimum atomic E-state index is -0.192. The number of nitrogens with zero attached hydrogens (tertiary/aromatic N) is 3. The fourth-order valence-corrected chi connectivity index (χ4v) is 1.25. The van der Waals surface area contributed by atoms with Crippen molar-refractivity contribution in [1.29, 1.82) is 0 Å². The monoisotopic (exact) mass is 191 g/mol. The largest absolute Gasteiger partial charge is 0.494 e. The van der Waals surface area contributed by atoms with Crippen LogP contribution in [-0.4, -0.2) is 6.61 Å². The summed E-state index contributed by atoms with van der Waals surface area (Å²) in [6.07, 6.45) is 0. The number of hydrogen-bond donors (Lipinski definition) is 0. The van der Waals surface area contributed by atoms with Gasteiger partial charge in [0.2, 0.25) is 0 Å². The molecule has 1 rings (SSSR count). The molecular formula is C10H13N3O. The standard InChI is InChI=1S/C10H13N3O/c1-3-14-10-7-5-4-6-9(10)8(2)12-13-11/h4-8H,3H2,1-2H3/t8-/m1/s1. The maximum Gasteiger partial charge on any atom is 0.122 e. The van der Waals surface area contributed by atoms with Crippen molar-refractivity contribution < 1.29 is 4.74 Å². The second kappa shape index (κ2) is 5.14. The highest BCUT2D eigenvalue weighted by Gasteiger charge is 2.08. The first-order chi connectivity index (χ1) is 6.79. The van der Waals surface area contributed by atoms with E-state index in [1.807, 2.05) is 38.1 Å². The van der Waals surface area contributed by atoms with Crippen LogP contribution in [0.3, 0.4) is 0 Å². The first kappa shape index (κ1) is 10.4. The van der Waals surface area contributed by atoms with Gasteiger partial charge in [-0.3, -0.25) is 0 Å². The summed E-state index contributed by atoms with van der Waals surface area (Å²) in [6, 6.07) is 7.40. The van der Waals surface area contributed by atoms with Crippen molar-refractivity contribution in [2.75, 3.05) is 6.61 Å². The van der Waals surface area contributed by atoms with Gasteiger partial charge in [-0.2, -0.15) is 0 Å². The second-order valence-electron chi connectivity index (χ2n) is 2.85. The van der Waals surface area contributed by atoms with E-state index in [1.165, 1.54) is 0 Å². The van der Waals surface area contributed by atoms with Crippen LogP contribution >= 0.6 is 0 Å². The Morgan fingerprint density at radius 3 is 2.86 bits per heavy atom. The van der Waals surface area contributed by atoms with E-state index >= 15 is 0 Å². The molecule has 0 unspecified atom stereocenters. The van der Waals surface area contributed by atoms with Crippen molar-refractivity contribution >= 4 is 0 Å². The molecule has 0 saturated heterocycles. The molecule has 0 spiro atoms. The molecule has 0 fully saturated rings. The Morgan fingerprint density at radius 1 is 1.50 bits per heavy atom. The highest BCUT2D eigenvalue weighted by molar-refractivity contribution is 5.35. The molecule has 0 radical (unpaired) electrons. The van der Waals surface area contributed by atoms with E-state index in [-0.39, 0.29) is 6.04 Å². The smallest absolute Gasteiger partial charge is 0.122 e. The van der Waals surface area contributed by atoms with Gasteiger partial charge in [0, 0.05) is 10.5 Å². The lowest BCUT2D eigenvalue weighted by atomic mass is 10.1. The molecule has 0 bridgehead atoms. The van der Waals surface area contributed by atoms with Crippen molar-refractivity contribution in [2.24, 2.45) is 5.11 Å². The van der Waals surface area contributed by atoms with Crippen molar-refractivity contribution in [3.8, 4) is 5.75 Å². The van der Waals surface area contributed by atoms with Crippen LogP contribution in [-0.2, 0) is 0 Å². The molecule has 74 valence electrons. The molecule has 0 amide bonds. The summed E-state index contributed by atoms with van der Waals surface area (Å²) in [5.74, 6) is 0.787. The number of hydrogen-bond acceptors (Lipinski definition) is 2. The van der Waals surface area contributed by atoms with Crippen LogP contribution in [0.4, 0.5) is 0 Å². The molecular weight excluding hydrogens is 178 g/mol. The van der Waals surface area contributed by atoms with Gasteiger partial charge in [0.15, 0.2) is 0 Å². The summed E-state index contributed by atoms with van der Waals surface area (Å²) < 4.78 is 5.42. The third kappa shape index (κ3) is 2.41. The SMILES string of the molecule is CCOc1ccccc1[C@@H](C)N=[N+]=[N-]. The molecule has 0 aliphatic heterocycles. The van der Waals surface area contributed by atoms with Crippen molar-refractivity contribution in [3.63, 3.8) is 0 Å². The Morgan fingerprint density at radius 2 is 2.21 bits per heavy atom.